The molecule has 0 bridgehead atoms. The van der Waals surface area contributed by atoms with Gasteiger partial charge in [-0.3, -0.25) is 9.59 Å². The Labute approximate surface area is 179 Å². The number of aromatic nitrogens is 4. The number of anilines is 2. The average molecular weight is 427 g/mol. The lowest BCUT2D eigenvalue weighted by atomic mass is 9.99. The summed E-state index contributed by atoms with van der Waals surface area (Å²) in [5.74, 6) is 0.342. The van der Waals surface area contributed by atoms with E-state index in [1.165, 1.54) is 17.3 Å². The highest BCUT2D eigenvalue weighted by Gasteiger charge is 2.12. The van der Waals surface area contributed by atoms with Crippen LogP contribution in [-0.4, -0.2) is 32.0 Å². The zero-order valence-electron chi connectivity index (χ0n) is 17.0. The molecule has 0 aliphatic heterocycles. The second kappa shape index (κ2) is 9.49. The van der Waals surface area contributed by atoms with Gasteiger partial charge in [-0.2, -0.15) is 4.80 Å². The van der Waals surface area contributed by atoms with Gasteiger partial charge in [0.15, 0.2) is 0 Å². The van der Waals surface area contributed by atoms with Crippen molar-refractivity contribution >= 4 is 34.8 Å². The molecule has 0 fully saturated rings. The lowest BCUT2D eigenvalue weighted by Crippen LogP contribution is -2.20. The van der Waals surface area contributed by atoms with Crippen LogP contribution in [0.5, 0.6) is 0 Å². The van der Waals surface area contributed by atoms with E-state index in [4.69, 9.17) is 11.6 Å². The van der Waals surface area contributed by atoms with E-state index < -0.39 is 0 Å². The second-order valence-corrected chi connectivity index (χ2v) is 7.41. The van der Waals surface area contributed by atoms with Crippen LogP contribution in [0.15, 0.2) is 42.5 Å². The van der Waals surface area contributed by atoms with Crippen LogP contribution in [0.2, 0.25) is 5.02 Å². The summed E-state index contributed by atoms with van der Waals surface area (Å²) in [5.41, 5.74) is 3.08. The summed E-state index contributed by atoms with van der Waals surface area (Å²) >= 11 is 6.18. The fourth-order valence-electron chi connectivity index (χ4n) is 2.83. The second-order valence-electron chi connectivity index (χ2n) is 7.00. The highest BCUT2D eigenvalue weighted by molar-refractivity contribution is 6.34. The first-order valence-corrected chi connectivity index (χ1v) is 9.98. The van der Waals surface area contributed by atoms with E-state index in [0.29, 0.717) is 33.7 Å². The van der Waals surface area contributed by atoms with E-state index in [-0.39, 0.29) is 18.4 Å². The maximum absolute atomic E-state index is 12.3. The Kier molecular flexibility index (Phi) is 6.79. The number of nitrogens with zero attached hydrogens (tertiary/aromatic N) is 4. The van der Waals surface area contributed by atoms with Crippen LogP contribution < -0.4 is 10.6 Å². The molecule has 0 spiro atoms. The Morgan fingerprint density at radius 1 is 1.13 bits per heavy atom. The van der Waals surface area contributed by atoms with Gasteiger partial charge >= 0.3 is 0 Å². The number of carbonyl (C=O) groups is 2. The molecule has 1 atom stereocenters. The number of nitrogens with one attached hydrogen (secondary N) is 2. The van der Waals surface area contributed by atoms with Gasteiger partial charge in [-0.1, -0.05) is 37.6 Å². The number of amides is 2. The summed E-state index contributed by atoms with van der Waals surface area (Å²) in [4.78, 5) is 24.7. The molecule has 1 heterocycles. The number of carbonyl (C=O) groups excluding carboxylic acids is 2. The van der Waals surface area contributed by atoms with Crippen LogP contribution in [-0.2, 0) is 16.1 Å². The van der Waals surface area contributed by atoms with Gasteiger partial charge in [-0.05, 0) is 53.4 Å². The van der Waals surface area contributed by atoms with Gasteiger partial charge < -0.3 is 10.6 Å². The molecule has 2 amide bonds. The lowest BCUT2D eigenvalue weighted by Gasteiger charge is -2.10. The van der Waals surface area contributed by atoms with Gasteiger partial charge in [0, 0.05) is 18.2 Å². The van der Waals surface area contributed by atoms with E-state index in [2.05, 4.69) is 39.9 Å². The fraction of sp³-hybridized carbons (Fsp3) is 0.286. The van der Waals surface area contributed by atoms with Crippen molar-refractivity contribution in [2.24, 2.45) is 0 Å². The minimum absolute atomic E-state index is 0.0716. The number of benzene rings is 2. The molecule has 2 N–H and O–H groups in total. The number of hydrogen-bond acceptors (Lipinski definition) is 5. The molecule has 3 rings (SSSR count). The van der Waals surface area contributed by atoms with Crippen molar-refractivity contribution in [3.8, 4) is 11.4 Å². The highest BCUT2D eigenvalue weighted by atomic mass is 35.5. The monoisotopic (exact) mass is 426 g/mol. The first-order valence-electron chi connectivity index (χ1n) is 9.61. The molecule has 0 unspecified atom stereocenters. The smallest absolute Gasteiger partial charge is 0.248 e. The fourth-order valence-corrected chi connectivity index (χ4v) is 3.06. The molecule has 30 heavy (non-hydrogen) atoms. The number of halogens is 1. The van der Waals surface area contributed by atoms with Crippen molar-refractivity contribution in [2.75, 3.05) is 10.6 Å². The molecule has 2 aromatic carbocycles. The van der Waals surface area contributed by atoms with E-state index in [1.54, 1.807) is 18.2 Å². The number of rotatable bonds is 7. The van der Waals surface area contributed by atoms with Crippen LogP contribution in [0, 0.1) is 0 Å². The third-order valence-electron chi connectivity index (χ3n) is 4.65. The molecule has 0 saturated carbocycles. The van der Waals surface area contributed by atoms with Crippen molar-refractivity contribution in [1.82, 2.24) is 20.2 Å². The molecular weight excluding hydrogens is 404 g/mol. The van der Waals surface area contributed by atoms with E-state index in [0.717, 1.165) is 6.42 Å². The first-order chi connectivity index (χ1) is 14.4. The lowest BCUT2D eigenvalue weighted by molar-refractivity contribution is -0.117. The predicted molar refractivity (Wildman–Crippen MR) is 116 cm³/mol. The Balaban J connectivity index is 1.63. The molecule has 3 aromatic rings. The molecule has 0 saturated heterocycles. The maximum Gasteiger partial charge on any atom is 0.248 e. The molecule has 9 heteroatoms. The third kappa shape index (κ3) is 5.42. The average Bonchev–Trinajstić information content (AvgIpc) is 3.17. The Bertz CT molecular complexity index is 1050. The first kappa shape index (κ1) is 21.4. The van der Waals surface area contributed by atoms with Crippen LogP contribution in [0.25, 0.3) is 11.4 Å². The minimum atomic E-state index is -0.255. The zero-order chi connectivity index (χ0) is 21.7. The summed E-state index contributed by atoms with van der Waals surface area (Å²) in [7, 11) is 0. The number of hydrogen-bond donors (Lipinski definition) is 2. The molecule has 0 aliphatic rings. The van der Waals surface area contributed by atoms with Gasteiger partial charge in [-0.25, -0.2) is 0 Å². The predicted octanol–water partition coefficient (Wildman–Crippen LogP) is 4.10. The van der Waals surface area contributed by atoms with Gasteiger partial charge in [-0.15, -0.1) is 10.2 Å². The quantitative estimate of drug-likeness (QED) is 0.592. The minimum Gasteiger partial charge on any atom is -0.325 e. The van der Waals surface area contributed by atoms with Crippen molar-refractivity contribution < 1.29 is 9.59 Å². The van der Waals surface area contributed by atoms with Crippen molar-refractivity contribution in [1.29, 1.82) is 0 Å². The van der Waals surface area contributed by atoms with Crippen molar-refractivity contribution in [3.63, 3.8) is 0 Å². The van der Waals surface area contributed by atoms with Crippen molar-refractivity contribution in [3.05, 3.63) is 53.1 Å². The van der Waals surface area contributed by atoms with Gasteiger partial charge in [0.05, 0.1) is 10.7 Å². The van der Waals surface area contributed by atoms with Gasteiger partial charge in [0.2, 0.25) is 17.6 Å². The number of tetrazole rings is 1. The maximum atomic E-state index is 12.3. The largest absolute Gasteiger partial charge is 0.325 e. The Morgan fingerprint density at radius 3 is 2.50 bits per heavy atom. The van der Waals surface area contributed by atoms with Crippen LogP contribution in [0.3, 0.4) is 0 Å². The normalized spacial score (nSPS) is 11.7. The third-order valence-corrected chi connectivity index (χ3v) is 4.96. The Hall–Kier alpha value is -3.26. The highest BCUT2D eigenvalue weighted by Crippen LogP contribution is 2.27. The molecule has 0 aliphatic carbocycles. The molecular formula is C21H23ClN6O2. The summed E-state index contributed by atoms with van der Waals surface area (Å²) < 4.78 is 0. The van der Waals surface area contributed by atoms with Crippen LogP contribution in [0.4, 0.5) is 11.4 Å². The van der Waals surface area contributed by atoms with Crippen molar-refractivity contribution in [2.45, 2.75) is 39.7 Å². The van der Waals surface area contributed by atoms with Crippen LogP contribution >= 0.6 is 11.6 Å². The van der Waals surface area contributed by atoms with Crippen LogP contribution in [0.1, 0.15) is 38.7 Å². The molecule has 8 nitrogen and oxygen atoms in total. The zero-order valence-corrected chi connectivity index (χ0v) is 17.8. The standard InChI is InChI=1S/C21H23ClN6O2/c1-4-13(2)15-5-8-17(9-6-15)24-20(30)12-28-26-21(25-27-28)16-7-10-19(18(22)11-16)23-14(3)29/h5-11,13H,4,12H2,1-3H3,(H,23,29)(H,24,30)/t13-/m1/s1. The topological polar surface area (TPSA) is 102 Å². The molecule has 156 valence electrons. The van der Waals surface area contributed by atoms with Gasteiger partial charge in [0.25, 0.3) is 0 Å². The molecule has 0 radical (unpaired) electrons. The summed E-state index contributed by atoms with van der Waals surface area (Å²) in [6.45, 7) is 5.65. The van der Waals surface area contributed by atoms with Gasteiger partial charge in [0.1, 0.15) is 6.54 Å². The molecule has 1 aromatic heterocycles. The Morgan fingerprint density at radius 2 is 1.87 bits per heavy atom. The van der Waals surface area contributed by atoms with E-state index >= 15 is 0 Å². The summed E-state index contributed by atoms with van der Waals surface area (Å²) in [5, 5.41) is 18.0. The SMILES string of the molecule is CC[C@@H](C)c1ccc(NC(=O)Cn2nnc(-c3ccc(NC(C)=O)c(Cl)c3)n2)cc1. The summed E-state index contributed by atoms with van der Waals surface area (Å²) in [6, 6.07) is 12.8. The summed E-state index contributed by atoms with van der Waals surface area (Å²) in [6.07, 6.45) is 1.06. The van der Waals surface area contributed by atoms with E-state index in [1.807, 2.05) is 24.3 Å². The van der Waals surface area contributed by atoms with E-state index in [9.17, 15) is 9.59 Å².